The summed E-state index contributed by atoms with van der Waals surface area (Å²) in [5.74, 6) is -3.91. The second kappa shape index (κ2) is 19.4. The zero-order valence-electron chi connectivity index (χ0n) is 26.8. The molecule has 0 bridgehead atoms. The number of hydrogen-bond acceptors (Lipinski definition) is 8. The van der Waals surface area contributed by atoms with Gasteiger partial charge in [-0.2, -0.15) is 0 Å². The van der Waals surface area contributed by atoms with Gasteiger partial charge in [-0.05, 0) is 42.0 Å². The number of hydrogen-bond donors (Lipinski definition) is 10. The minimum Gasteiger partial charge on any atom is -0.508 e. The van der Waals surface area contributed by atoms with E-state index in [2.05, 4.69) is 26.6 Å². The number of guanidine groups is 1. The van der Waals surface area contributed by atoms with Crippen LogP contribution in [0.3, 0.4) is 0 Å². The highest BCUT2D eigenvalue weighted by atomic mass is 16.3. The summed E-state index contributed by atoms with van der Waals surface area (Å²) in [6, 6.07) is 10.7. The third-order valence-electron chi connectivity index (χ3n) is 7.57. The predicted octanol–water partition coefficient (Wildman–Crippen LogP) is -1.13. The molecule has 0 radical (unpaired) electrons. The lowest BCUT2D eigenvalue weighted by atomic mass is 9.96. The number of rotatable bonds is 19. The number of primary amides is 1. The molecule has 0 heterocycles. The van der Waals surface area contributed by atoms with E-state index in [4.69, 9.17) is 22.6 Å². The zero-order valence-corrected chi connectivity index (χ0v) is 26.8. The highest BCUT2D eigenvalue weighted by Crippen LogP contribution is 2.14. The second-order valence-electron chi connectivity index (χ2n) is 11.3. The number of carbonyl (C=O) groups is 5. The number of aromatic hydroxyl groups is 1. The van der Waals surface area contributed by atoms with Gasteiger partial charge in [-0.25, -0.2) is 0 Å². The van der Waals surface area contributed by atoms with Crippen molar-refractivity contribution in [2.24, 2.45) is 23.1 Å². The quantitative estimate of drug-likeness (QED) is 0.0499. The summed E-state index contributed by atoms with van der Waals surface area (Å²) in [6.45, 7) is 3.47. The number of nitrogens with two attached hydrogens (primary N) is 3. The summed E-state index contributed by atoms with van der Waals surface area (Å²) in [7, 11) is 0. The van der Waals surface area contributed by atoms with Crippen molar-refractivity contribution in [1.29, 1.82) is 5.41 Å². The number of benzene rings is 2. The van der Waals surface area contributed by atoms with Crippen LogP contribution in [0.5, 0.6) is 5.75 Å². The fourth-order valence-electron chi connectivity index (χ4n) is 4.69. The summed E-state index contributed by atoms with van der Waals surface area (Å²) in [4.78, 5) is 65.2. The molecule has 47 heavy (non-hydrogen) atoms. The lowest BCUT2D eigenvalue weighted by Gasteiger charge is -2.29. The molecule has 13 N–H and O–H groups in total. The molecule has 0 aliphatic carbocycles. The van der Waals surface area contributed by atoms with Crippen LogP contribution < -0.4 is 43.8 Å². The van der Waals surface area contributed by atoms with Crippen LogP contribution in [0.4, 0.5) is 0 Å². The van der Waals surface area contributed by atoms with Crippen LogP contribution in [0, 0.1) is 11.3 Å². The van der Waals surface area contributed by atoms with E-state index >= 15 is 0 Å². The maximum absolute atomic E-state index is 13.7. The van der Waals surface area contributed by atoms with Crippen molar-refractivity contribution in [2.75, 3.05) is 13.1 Å². The molecule has 2 rings (SSSR count). The fraction of sp³-hybridized carbons (Fsp3) is 0.438. The van der Waals surface area contributed by atoms with Gasteiger partial charge in [0.25, 0.3) is 0 Å². The zero-order chi connectivity index (χ0) is 34.9. The topological polar surface area (TPSA) is 268 Å². The van der Waals surface area contributed by atoms with Gasteiger partial charge in [-0.1, -0.05) is 62.7 Å². The van der Waals surface area contributed by atoms with Crippen LogP contribution in [0.25, 0.3) is 0 Å². The maximum Gasteiger partial charge on any atom is 0.243 e. The van der Waals surface area contributed by atoms with Gasteiger partial charge in [0, 0.05) is 19.4 Å². The smallest absolute Gasteiger partial charge is 0.243 e. The number of phenols is 1. The Labute approximate surface area is 274 Å². The Bertz CT molecular complexity index is 1360. The van der Waals surface area contributed by atoms with Crippen molar-refractivity contribution in [2.45, 2.75) is 70.1 Å². The Morgan fingerprint density at radius 2 is 1.36 bits per heavy atom. The maximum atomic E-state index is 13.7. The number of amides is 5. The van der Waals surface area contributed by atoms with Crippen molar-refractivity contribution >= 4 is 35.5 Å². The molecule has 0 aromatic heterocycles. The summed E-state index contributed by atoms with van der Waals surface area (Å²) in [5.41, 5.74) is 17.8. The molecule has 256 valence electrons. The van der Waals surface area contributed by atoms with Crippen molar-refractivity contribution in [3.05, 3.63) is 65.7 Å². The summed E-state index contributed by atoms with van der Waals surface area (Å²) in [6.07, 6.45) is 1.09. The lowest BCUT2D eigenvalue weighted by Crippen LogP contribution is -2.60. The first-order valence-electron chi connectivity index (χ1n) is 15.4. The monoisotopic (exact) mass is 653 g/mol. The van der Waals surface area contributed by atoms with E-state index in [1.165, 1.54) is 12.1 Å². The van der Waals surface area contributed by atoms with Crippen molar-refractivity contribution in [1.82, 2.24) is 26.6 Å². The normalized spacial score (nSPS) is 13.9. The molecule has 5 atom stereocenters. The van der Waals surface area contributed by atoms with Gasteiger partial charge in [0.2, 0.25) is 29.5 Å². The summed E-state index contributed by atoms with van der Waals surface area (Å²) >= 11 is 0. The van der Waals surface area contributed by atoms with Crippen LogP contribution in [-0.4, -0.2) is 77.9 Å². The molecule has 0 aliphatic rings. The molecule has 0 aliphatic heterocycles. The molecular weight excluding hydrogens is 606 g/mol. The lowest BCUT2D eigenvalue weighted by molar-refractivity contribution is -0.135. The Hall–Kier alpha value is -5.18. The van der Waals surface area contributed by atoms with E-state index in [0.29, 0.717) is 18.4 Å². The molecule has 0 spiro atoms. The molecule has 0 unspecified atom stereocenters. The van der Waals surface area contributed by atoms with E-state index in [9.17, 15) is 29.1 Å². The molecule has 5 amide bonds. The Balaban J connectivity index is 2.27. The third kappa shape index (κ3) is 13.4. The summed E-state index contributed by atoms with van der Waals surface area (Å²) in [5, 5.41) is 30.3. The molecule has 0 saturated heterocycles. The van der Waals surface area contributed by atoms with Crippen molar-refractivity contribution < 1.29 is 29.1 Å². The fourth-order valence-corrected chi connectivity index (χ4v) is 4.69. The molecule has 2 aromatic carbocycles. The SMILES string of the molecule is CC[C@H](C)[C@H](NC(=O)[C@H](Cc1ccc(O)cc1)NC(=O)CN)C(=O)N[C@@H](CCCNC(=N)N)C(=O)N[C@@H](Cc1ccccc1)C(N)=O. The predicted molar refractivity (Wildman–Crippen MR) is 177 cm³/mol. The Morgan fingerprint density at radius 3 is 1.94 bits per heavy atom. The van der Waals surface area contributed by atoms with Gasteiger partial charge in [0.1, 0.15) is 29.9 Å². The number of nitrogens with one attached hydrogen (secondary N) is 6. The van der Waals surface area contributed by atoms with Crippen molar-refractivity contribution in [3.8, 4) is 5.75 Å². The van der Waals surface area contributed by atoms with Gasteiger partial charge >= 0.3 is 0 Å². The van der Waals surface area contributed by atoms with E-state index in [1.54, 1.807) is 43.3 Å². The minimum absolute atomic E-state index is 0.0344. The van der Waals surface area contributed by atoms with E-state index in [-0.39, 0.29) is 44.1 Å². The Kier molecular flexibility index (Phi) is 15.7. The third-order valence-corrected chi connectivity index (χ3v) is 7.57. The van der Waals surface area contributed by atoms with Gasteiger partial charge in [-0.3, -0.25) is 29.4 Å². The van der Waals surface area contributed by atoms with Crippen molar-refractivity contribution in [3.63, 3.8) is 0 Å². The molecule has 15 heteroatoms. The first-order chi connectivity index (χ1) is 22.3. The van der Waals surface area contributed by atoms with Gasteiger partial charge in [0.05, 0.1) is 6.54 Å². The molecular formula is C32H47N9O6. The minimum atomic E-state index is -1.14. The number of phenolic OH excluding ortho intramolecular Hbond substituents is 1. The van der Waals surface area contributed by atoms with Crippen LogP contribution >= 0.6 is 0 Å². The van der Waals surface area contributed by atoms with E-state index in [1.807, 2.05) is 13.0 Å². The second-order valence-corrected chi connectivity index (χ2v) is 11.3. The van der Waals surface area contributed by atoms with Crippen LogP contribution in [0.15, 0.2) is 54.6 Å². The first kappa shape index (κ1) is 38.0. The first-order valence-corrected chi connectivity index (χ1v) is 15.4. The molecule has 0 saturated carbocycles. The van der Waals surface area contributed by atoms with Gasteiger partial charge in [0.15, 0.2) is 5.96 Å². The van der Waals surface area contributed by atoms with Crippen LogP contribution in [0.2, 0.25) is 0 Å². The van der Waals surface area contributed by atoms with Gasteiger partial charge in [-0.15, -0.1) is 0 Å². The summed E-state index contributed by atoms with van der Waals surface area (Å²) < 4.78 is 0. The van der Waals surface area contributed by atoms with E-state index < -0.39 is 59.6 Å². The largest absolute Gasteiger partial charge is 0.508 e. The van der Waals surface area contributed by atoms with Crippen LogP contribution in [0.1, 0.15) is 44.2 Å². The molecule has 15 nitrogen and oxygen atoms in total. The average molecular weight is 654 g/mol. The van der Waals surface area contributed by atoms with Gasteiger partial charge < -0.3 is 48.9 Å². The average Bonchev–Trinajstić information content (AvgIpc) is 3.04. The van der Waals surface area contributed by atoms with Crippen LogP contribution in [-0.2, 0) is 36.8 Å². The standard InChI is InChI=1S/C32H47N9O6/c1-3-19(2)27(41-30(46)25(38-26(43)18-33)17-21-11-13-22(42)14-12-21)31(47)39-23(10-7-15-37-32(35)36)29(45)40-24(28(34)44)16-20-8-5-4-6-9-20/h4-6,8-9,11-14,19,23-25,27,42H,3,7,10,15-18,33H2,1-2H3,(H2,34,44)(H,38,43)(H,39,47)(H,40,45)(H,41,46)(H4,35,36,37)/t19-,23-,24-,25-,27-/m0/s1. The molecule has 2 aromatic rings. The molecule has 0 fully saturated rings. The Morgan fingerprint density at radius 1 is 0.787 bits per heavy atom. The highest BCUT2D eigenvalue weighted by molar-refractivity contribution is 5.95. The highest BCUT2D eigenvalue weighted by Gasteiger charge is 2.33. The number of carbonyl (C=O) groups excluding carboxylic acids is 5. The van der Waals surface area contributed by atoms with E-state index in [0.717, 1.165) is 5.56 Å².